The molecule has 1 fully saturated rings. The Hall–Kier alpha value is -1.22. The number of Topliss-reactive ketones (excluding diaryl/α,β-unsaturated/α-hetero) is 1. The highest BCUT2D eigenvalue weighted by atomic mass is 16.1. The lowest BCUT2D eigenvalue weighted by molar-refractivity contribution is -0.127. The van der Waals surface area contributed by atoms with Crippen molar-refractivity contribution in [2.45, 2.75) is 32.1 Å². The van der Waals surface area contributed by atoms with Crippen LogP contribution < -0.4 is 5.73 Å². The second kappa shape index (κ2) is 4.74. The first-order valence-corrected chi connectivity index (χ1v) is 5.90. The predicted octanol–water partition coefficient (Wildman–Crippen LogP) is 1.71. The van der Waals surface area contributed by atoms with Gasteiger partial charge in [0.1, 0.15) is 5.78 Å². The molecule has 86 valence electrons. The quantitative estimate of drug-likeness (QED) is 0.837. The van der Waals surface area contributed by atoms with Crippen LogP contribution in [0.15, 0.2) is 24.4 Å². The van der Waals surface area contributed by atoms with E-state index >= 15 is 0 Å². The minimum Gasteiger partial charge on any atom is -0.329 e. The zero-order valence-electron chi connectivity index (χ0n) is 9.48. The number of carbonyl (C=O) groups excluding carboxylic acids is 1. The minimum absolute atomic E-state index is 0.252. The van der Waals surface area contributed by atoms with E-state index in [1.165, 1.54) is 0 Å². The molecule has 0 radical (unpaired) electrons. The number of ketones is 1. The van der Waals surface area contributed by atoms with E-state index in [2.05, 4.69) is 4.98 Å². The number of hydrogen-bond donors (Lipinski definition) is 1. The molecule has 0 amide bonds. The molecule has 3 nitrogen and oxygen atoms in total. The van der Waals surface area contributed by atoms with E-state index in [9.17, 15) is 4.79 Å². The molecular formula is C13H18N2O. The molecule has 1 aliphatic carbocycles. The minimum atomic E-state index is -0.252. The first-order chi connectivity index (χ1) is 7.77. The van der Waals surface area contributed by atoms with Crippen LogP contribution in [0.1, 0.15) is 31.4 Å². The number of pyridine rings is 1. The molecule has 2 N–H and O–H groups in total. The standard InChI is InChI=1S/C13H18N2O/c14-10-13(6-2-3-7-13)12(16)9-11-5-1-4-8-15-11/h1,4-5,8H,2-3,6-7,9-10,14H2. The van der Waals surface area contributed by atoms with Crippen molar-refractivity contribution in [3.63, 3.8) is 0 Å². The summed E-state index contributed by atoms with van der Waals surface area (Å²) in [6.07, 6.45) is 6.32. The maximum atomic E-state index is 12.2. The fraction of sp³-hybridized carbons (Fsp3) is 0.538. The summed E-state index contributed by atoms with van der Waals surface area (Å²) in [5.74, 6) is 0.270. The first kappa shape index (κ1) is 11.3. The Morgan fingerprint density at radius 2 is 2.12 bits per heavy atom. The number of nitrogens with zero attached hydrogens (tertiary/aromatic N) is 1. The van der Waals surface area contributed by atoms with Gasteiger partial charge in [0.15, 0.2) is 0 Å². The molecule has 1 aliphatic rings. The average molecular weight is 218 g/mol. The zero-order chi connectivity index (χ0) is 11.4. The Morgan fingerprint density at radius 3 is 2.69 bits per heavy atom. The van der Waals surface area contributed by atoms with Crippen LogP contribution in [0, 0.1) is 5.41 Å². The van der Waals surface area contributed by atoms with Gasteiger partial charge in [-0.3, -0.25) is 9.78 Å². The SMILES string of the molecule is NCC1(C(=O)Cc2ccccn2)CCCC1. The monoisotopic (exact) mass is 218 g/mol. The van der Waals surface area contributed by atoms with Gasteiger partial charge in [-0.15, -0.1) is 0 Å². The van der Waals surface area contributed by atoms with Crippen LogP contribution in [0.25, 0.3) is 0 Å². The number of hydrogen-bond acceptors (Lipinski definition) is 3. The van der Waals surface area contributed by atoms with Gasteiger partial charge in [0.2, 0.25) is 0 Å². The molecule has 1 heterocycles. The van der Waals surface area contributed by atoms with Crippen molar-refractivity contribution in [1.29, 1.82) is 0 Å². The Kier molecular flexibility index (Phi) is 3.34. The van der Waals surface area contributed by atoms with E-state index in [0.29, 0.717) is 13.0 Å². The van der Waals surface area contributed by atoms with E-state index < -0.39 is 0 Å². The van der Waals surface area contributed by atoms with Crippen LogP contribution in [-0.4, -0.2) is 17.3 Å². The molecule has 1 saturated carbocycles. The summed E-state index contributed by atoms with van der Waals surface area (Å²) in [6, 6.07) is 5.68. The lowest BCUT2D eigenvalue weighted by Gasteiger charge is -2.25. The van der Waals surface area contributed by atoms with Crippen LogP contribution in [0.4, 0.5) is 0 Å². The lowest BCUT2D eigenvalue weighted by atomic mass is 9.80. The Labute approximate surface area is 96.1 Å². The molecule has 2 rings (SSSR count). The van der Waals surface area contributed by atoms with Crippen molar-refractivity contribution < 1.29 is 4.79 Å². The van der Waals surface area contributed by atoms with Crippen LogP contribution in [0.3, 0.4) is 0 Å². The van der Waals surface area contributed by atoms with Gasteiger partial charge < -0.3 is 5.73 Å². The van der Waals surface area contributed by atoms with Gasteiger partial charge in [-0.25, -0.2) is 0 Å². The highest BCUT2D eigenvalue weighted by Gasteiger charge is 2.39. The molecule has 1 aromatic heterocycles. The molecule has 0 unspecified atom stereocenters. The summed E-state index contributed by atoms with van der Waals surface area (Å²) in [5, 5.41) is 0. The van der Waals surface area contributed by atoms with Crippen LogP contribution >= 0.6 is 0 Å². The fourth-order valence-corrected chi connectivity index (χ4v) is 2.50. The molecular weight excluding hydrogens is 200 g/mol. The number of carbonyl (C=O) groups is 1. The number of rotatable bonds is 4. The van der Waals surface area contributed by atoms with Crippen LogP contribution in [0.5, 0.6) is 0 Å². The summed E-state index contributed by atoms with van der Waals surface area (Å²) in [7, 11) is 0. The summed E-state index contributed by atoms with van der Waals surface area (Å²) in [4.78, 5) is 16.4. The zero-order valence-corrected chi connectivity index (χ0v) is 9.48. The maximum Gasteiger partial charge on any atom is 0.146 e. The molecule has 3 heteroatoms. The Morgan fingerprint density at radius 1 is 1.38 bits per heavy atom. The van der Waals surface area contributed by atoms with Gasteiger partial charge >= 0.3 is 0 Å². The second-order valence-electron chi connectivity index (χ2n) is 4.61. The lowest BCUT2D eigenvalue weighted by Crippen LogP contribution is -2.37. The van der Waals surface area contributed by atoms with Gasteiger partial charge in [0.25, 0.3) is 0 Å². The van der Waals surface area contributed by atoms with E-state index in [0.717, 1.165) is 31.4 Å². The first-order valence-electron chi connectivity index (χ1n) is 5.90. The molecule has 1 aromatic rings. The van der Waals surface area contributed by atoms with Crippen LogP contribution in [0.2, 0.25) is 0 Å². The number of nitrogens with two attached hydrogens (primary N) is 1. The fourth-order valence-electron chi connectivity index (χ4n) is 2.50. The Balaban J connectivity index is 2.07. The van der Waals surface area contributed by atoms with Crippen molar-refractivity contribution in [2.24, 2.45) is 11.1 Å². The van der Waals surface area contributed by atoms with E-state index in [4.69, 9.17) is 5.73 Å². The summed E-state index contributed by atoms with van der Waals surface area (Å²) < 4.78 is 0. The van der Waals surface area contributed by atoms with E-state index in [-0.39, 0.29) is 11.2 Å². The largest absolute Gasteiger partial charge is 0.329 e. The normalized spacial score (nSPS) is 18.6. The van der Waals surface area contributed by atoms with Gasteiger partial charge in [-0.1, -0.05) is 18.9 Å². The second-order valence-corrected chi connectivity index (χ2v) is 4.61. The highest BCUT2D eigenvalue weighted by molar-refractivity contribution is 5.87. The van der Waals surface area contributed by atoms with Crippen molar-refractivity contribution in [3.8, 4) is 0 Å². The third kappa shape index (κ3) is 2.14. The topological polar surface area (TPSA) is 56.0 Å². The predicted molar refractivity (Wildman–Crippen MR) is 62.9 cm³/mol. The van der Waals surface area contributed by atoms with Gasteiger partial charge in [0.05, 0.1) is 0 Å². The van der Waals surface area contributed by atoms with Crippen molar-refractivity contribution >= 4 is 5.78 Å². The van der Waals surface area contributed by atoms with Crippen molar-refractivity contribution in [1.82, 2.24) is 4.98 Å². The van der Waals surface area contributed by atoms with Crippen LogP contribution in [-0.2, 0) is 11.2 Å². The van der Waals surface area contributed by atoms with Gasteiger partial charge in [-0.2, -0.15) is 0 Å². The number of aromatic nitrogens is 1. The molecule has 0 bridgehead atoms. The highest BCUT2D eigenvalue weighted by Crippen LogP contribution is 2.38. The summed E-state index contributed by atoms with van der Waals surface area (Å²) in [5.41, 5.74) is 6.38. The van der Waals surface area contributed by atoms with Crippen molar-refractivity contribution in [2.75, 3.05) is 6.54 Å². The molecule has 16 heavy (non-hydrogen) atoms. The third-order valence-electron chi connectivity index (χ3n) is 3.61. The van der Waals surface area contributed by atoms with Crippen molar-refractivity contribution in [3.05, 3.63) is 30.1 Å². The Bertz CT molecular complexity index is 355. The molecule has 0 aliphatic heterocycles. The molecule has 0 saturated heterocycles. The molecule has 0 spiro atoms. The average Bonchev–Trinajstić information content (AvgIpc) is 2.80. The van der Waals surface area contributed by atoms with Gasteiger partial charge in [-0.05, 0) is 25.0 Å². The maximum absolute atomic E-state index is 12.2. The summed E-state index contributed by atoms with van der Waals surface area (Å²) >= 11 is 0. The third-order valence-corrected chi connectivity index (χ3v) is 3.61. The molecule has 0 atom stereocenters. The van der Waals surface area contributed by atoms with E-state index in [1.54, 1.807) is 6.20 Å². The van der Waals surface area contributed by atoms with E-state index in [1.807, 2.05) is 18.2 Å². The molecule has 0 aromatic carbocycles. The van der Waals surface area contributed by atoms with Gasteiger partial charge in [0, 0.05) is 30.3 Å². The smallest absolute Gasteiger partial charge is 0.146 e. The summed E-state index contributed by atoms with van der Waals surface area (Å²) in [6.45, 7) is 0.485.